The lowest BCUT2D eigenvalue weighted by molar-refractivity contribution is 0.186. The summed E-state index contributed by atoms with van der Waals surface area (Å²) < 4.78 is 5.14. The van der Waals surface area contributed by atoms with Crippen molar-refractivity contribution in [1.82, 2.24) is 5.32 Å². The molecule has 1 N–H and O–H groups in total. The second-order valence-corrected chi connectivity index (χ2v) is 5.17. The molecule has 1 rings (SSSR count). The molecule has 0 aromatic rings. The number of hydrogen-bond donors (Lipinski definition) is 1. The van der Waals surface area contributed by atoms with Gasteiger partial charge in [0.1, 0.15) is 0 Å². The zero-order valence-electron chi connectivity index (χ0n) is 11.1. The van der Waals surface area contributed by atoms with Gasteiger partial charge in [0.15, 0.2) is 0 Å². The van der Waals surface area contributed by atoms with Crippen molar-refractivity contribution >= 4 is 0 Å². The fourth-order valence-corrected chi connectivity index (χ4v) is 2.77. The molecule has 0 heterocycles. The maximum atomic E-state index is 5.14. The summed E-state index contributed by atoms with van der Waals surface area (Å²) in [5, 5.41) is 3.70. The highest BCUT2D eigenvalue weighted by atomic mass is 16.5. The molecule has 1 saturated carbocycles. The maximum absolute atomic E-state index is 5.14. The molecule has 0 aliphatic heterocycles. The molecule has 0 saturated heterocycles. The van der Waals surface area contributed by atoms with Gasteiger partial charge in [-0.15, -0.1) is 0 Å². The minimum atomic E-state index is 0.734. The van der Waals surface area contributed by atoms with E-state index in [2.05, 4.69) is 12.2 Å². The van der Waals surface area contributed by atoms with Crippen molar-refractivity contribution in [2.45, 2.75) is 64.3 Å². The third kappa shape index (κ3) is 5.86. The Morgan fingerprint density at radius 1 is 1.31 bits per heavy atom. The van der Waals surface area contributed by atoms with Gasteiger partial charge >= 0.3 is 0 Å². The number of hydrogen-bond acceptors (Lipinski definition) is 2. The predicted molar refractivity (Wildman–Crippen MR) is 69.8 cm³/mol. The summed E-state index contributed by atoms with van der Waals surface area (Å²) in [5.74, 6) is 0.997. The Labute approximate surface area is 101 Å². The summed E-state index contributed by atoms with van der Waals surface area (Å²) in [7, 11) is 1.80. The van der Waals surface area contributed by atoms with Crippen LogP contribution in [-0.4, -0.2) is 26.3 Å². The largest absolute Gasteiger partial charge is 0.385 e. The highest BCUT2D eigenvalue weighted by molar-refractivity contribution is 4.75. The monoisotopic (exact) mass is 227 g/mol. The molecule has 0 radical (unpaired) electrons. The molecule has 0 spiro atoms. The standard InChI is InChI=1S/C14H29NO/c1-3-10-15-14(9-6-11-16-2)12-13-7-4-5-8-13/h13-15H,3-12H2,1-2H3. The second kappa shape index (κ2) is 9.00. The van der Waals surface area contributed by atoms with Crippen LogP contribution in [0.5, 0.6) is 0 Å². The molecule has 1 aliphatic carbocycles. The van der Waals surface area contributed by atoms with E-state index in [1.54, 1.807) is 7.11 Å². The van der Waals surface area contributed by atoms with Gasteiger partial charge in [0.05, 0.1) is 0 Å². The van der Waals surface area contributed by atoms with Crippen molar-refractivity contribution in [1.29, 1.82) is 0 Å². The lowest BCUT2D eigenvalue weighted by Gasteiger charge is -2.21. The van der Waals surface area contributed by atoms with E-state index in [9.17, 15) is 0 Å². The van der Waals surface area contributed by atoms with Crippen LogP contribution in [0.4, 0.5) is 0 Å². The Morgan fingerprint density at radius 2 is 2.06 bits per heavy atom. The van der Waals surface area contributed by atoms with E-state index < -0.39 is 0 Å². The van der Waals surface area contributed by atoms with Gasteiger partial charge in [-0.05, 0) is 38.1 Å². The maximum Gasteiger partial charge on any atom is 0.0462 e. The zero-order valence-corrected chi connectivity index (χ0v) is 11.1. The van der Waals surface area contributed by atoms with Crippen LogP contribution in [0.25, 0.3) is 0 Å². The van der Waals surface area contributed by atoms with E-state index in [1.807, 2.05) is 0 Å². The molecular formula is C14H29NO. The number of nitrogens with one attached hydrogen (secondary N) is 1. The van der Waals surface area contributed by atoms with E-state index in [4.69, 9.17) is 4.74 Å². The van der Waals surface area contributed by atoms with Gasteiger partial charge in [-0.2, -0.15) is 0 Å². The molecule has 0 amide bonds. The van der Waals surface area contributed by atoms with E-state index in [0.29, 0.717) is 0 Å². The van der Waals surface area contributed by atoms with Crippen LogP contribution in [0.15, 0.2) is 0 Å². The SMILES string of the molecule is CCCNC(CCCOC)CC1CCCC1. The molecule has 2 nitrogen and oxygen atoms in total. The Bertz CT molecular complexity index is 155. The number of ether oxygens (including phenoxy) is 1. The Kier molecular flexibility index (Phi) is 7.87. The van der Waals surface area contributed by atoms with E-state index in [0.717, 1.165) is 18.6 Å². The van der Waals surface area contributed by atoms with Crippen LogP contribution < -0.4 is 5.32 Å². The van der Waals surface area contributed by atoms with Crippen LogP contribution in [0.3, 0.4) is 0 Å². The lowest BCUT2D eigenvalue weighted by atomic mass is 9.95. The van der Waals surface area contributed by atoms with Crippen molar-refractivity contribution in [3.05, 3.63) is 0 Å². The van der Waals surface area contributed by atoms with Crippen molar-refractivity contribution < 1.29 is 4.74 Å². The van der Waals surface area contributed by atoms with Crippen molar-refractivity contribution in [2.24, 2.45) is 5.92 Å². The fourth-order valence-electron chi connectivity index (χ4n) is 2.77. The summed E-state index contributed by atoms with van der Waals surface area (Å²) >= 11 is 0. The second-order valence-electron chi connectivity index (χ2n) is 5.17. The molecular weight excluding hydrogens is 198 g/mol. The van der Waals surface area contributed by atoms with Crippen molar-refractivity contribution in [2.75, 3.05) is 20.3 Å². The molecule has 1 unspecified atom stereocenters. The third-order valence-corrected chi connectivity index (χ3v) is 3.68. The predicted octanol–water partition coefficient (Wildman–Crippen LogP) is 3.36. The topological polar surface area (TPSA) is 21.3 Å². The van der Waals surface area contributed by atoms with Crippen molar-refractivity contribution in [3.63, 3.8) is 0 Å². The quantitative estimate of drug-likeness (QED) is 0.610. The smallest absolute Gasteiger partial charge is 0.0462 e. The number of rotatable bonds is 9. The minimum absolute atomic E-state index is 0.734. The first kappa shape index (κ1) is 14.0. The normalized spacial score (nSPS) is 19.1. The van der Waals surface area contributed by atoms with Gasteiger partial charge in [0.25, 0.3) is 0 Å². The molecule has 0 bridgehead atoms. The molecule has 2 heteroatoms. The molecule has 16 heavy (non-hydrogen) atoms. The van der Waals surface area contributed by atoms with Crippen LogP contribution in [0.2, 0.25) is 0 Å². The summed E-state index contributed by atoms with van der Waals surface area (Å²) in [4.78, 5) is 0. The van der Waals surface area contributed by atoms with Crippen molar-refractivity contribution in [3.8, 4) is 0 Å². The first-order chi connectivity index (χ1) is 7.86. The van der Waals surface area contributed by atoms with Crippen LogP contribution in [-0.2, 0) is 4.74 Å². The molecule has 0 aromatic carbocycles. The van der Waals surface area contributed by atoms with Gasteiger partial charge in [-0.25, -0.2) is 0 Å². The van der Waals surface area contributed by atoms with Crippen LogP contribution >= 0.6 is 0 Å². The van der Waals surface area contributed by atoms with Gasteiger partial charge in [-0.3, -0.25) is 0 Å². The Balaban J connectivity index is 2.18. The van der Waals surface area contributed by atoms with Gasteiger partial charge < -0.3 is 10.1 Å². The summed E-state index contributed by atoms with van der Waals surface area (Å²) in [5.41, 5.74) is 0. The highest BCUT2D eigenvalue weighted by Crippen LogP contribution is 2.29. The molecule has 0 aromatic heterocycles. The van der Waals surface area contributed by atoms with Gasteiger partial charge in [-0.1, -0.05) is 32.6 Å². The van der Waals surface area contributed by atoms with Gasteiger partial charge in [0.2, 0.25) is 0 Å². The minimum Gasteiger partial charge on any atom is -0.385 e. The number of methoxy groups -OCH3 is 1. The molecule has 1 fully saturated rings. The van der Waals surface area contributed by atoms with Crippen LogP contribution in [0.1, 0.15) is 58.3 Å². The first-order valence-corrected chi connectivity index (χ1v) is 7.09. The third-order valence-electron chi connectivity index (χ3n) is 3.68. The Hall–Kier alpha value is -0.0800. The van der Waals surface area contributed by atoms with E-state index >= 15 is 0 Å². The summed E-state index contributed by atoms with van der Waals surface area (Å²) in [6.07, 6.45) is 11.0. The van der Waals surface area contributed by atoms with E-state index in [-0.39, 0.29) is 0 Å². The average molecular weight is 227 g/mol. The summed E-state index contributed by atoms with van der Waals surface area (Å²) in [6.45, 7) is 4.33. The van der Waals surface area contributed by atoms with E-state index in [1.165, 1.54) is 57.9 Å². The molecule has 1 aliphatic rings. The Morgan fingerprint density at radius 3 is 2.69 bits per heavy atom. The zero-order chi connectivity index (χ0) is 11.6. The first-order valence-electron chi connectivity index (χ1n) is 7.09. The average Bonchev–Trinajstić information content (AvgIpc) is 2.78. The molecule has 96 valence electrons. The lowest BCUT2D eigenvalue weighted by Crippen LogP contribution is -2.31. The fraction of sp³-hybridized carbons (Fsp3) is 1.00. The highest BCUT2D eigenvalue weighted by Gasteiger charge is 2.19. The van der Waals surface area contributed by atoms with Crippen LogP contribution in [0, 0.1) is 5.92 Å². The molecule has 1 atom stereocenters. The van der Waals surface area contributed by atoms with Gasteiger partial charge in [0, 0.05) is 19.8 Å². The summed E-state index contributed by atoms with van der Waals surface area (Å²) in [6, 6.07) is 0.734.